The zero-order valence-electron chi connectivity index (χ0n) is 17.4. The van der Waals surface area contributed by atoms with Crippen LogP contribution < -0.4 is 11.1 Å². The van der Waals surface area contributed by atoms with Crippen molar-refractivity contribution < 1.29 is 9.59 Å². The van der Waals surface area contributed by atoms with Crippen LogP contribution in [0.5, 0.6) is 0 Å². The van der Waals surface area contributed by atoms with Gasteiger partial charge in [-0.05, 0) is 42.7 Å². The van der Waals surface area contributed by atoms with E-state index in [4.69, 9.17) is 5.73 Å². The lowest BCUT2D eigenvalue weighted by atomic mass is 10.1. The fourth-order valence-electron chi connectivity index (χ4n) is 3.47. The number of nitrogen functional groups attached to an aromatic ring is 1. The number of hydrogen-bond donors (Lipinski definition) is 2. The van der Waals surface area contributed by atoms with Gasteiger partial charge >= 0.3 is 0 Å². The molecule has 0 unspecified atom stereocenters. The smallest absolute Gasteiger partial charge is 0.238 e. The van der Waals surface area contributed by atoms with Crippen LogP contribution in [-0.2, 0) is 16.0 Å². The number of amides is 2. The number of carbonyl (C=O) groups excluding carboxylic acids is 2. The minimum absolute atomic E-state index is 0. The number of aryl methyl sites for hydroxylation is 2. The zero-order chi connectivity index (χ0) is 20.1. The van der Waals surface area contributed by atoms with E-state index in [1.165, 1.54) is 0 Å². The number of hydrogen-bond acceptors (Lipinski definition) is 4. The predicted octanol–water partition coefficient (Wildman–Crippen LogP) is 3.05. The van der Waals surface area contributed by atoms with Crippen LogP contribution in [0, 0.1) is 13.8 Å². The summed E-state index contributed by atoms with van der Waals surface area (Å²) in [7, 11) is 0. The number of benzene rings is 2. The Labute approximate surface area is 190 Å². The molecule has 0 atom stereocenters. The van der Waals surface area contributed by atoms with Gasteiger partial charge in [0.05, 0.1) is 13.0 Å². The standard InChI is InChI=1S/C22H28N4O2.2ClH/c1-16-4-3-5-17(2)22(16)24-20(27)15-25-10-12-26(13-11-25)21(28)14-18-6-8-19(23)9-7-18;;/h3-9H,10-15,23H2,1-2H3,(H,24,27);2*1H. The molecule has 3 rings (SSSR count). The molecule has 1 saturated heterocycles. The summed E-state index contributed by atoms with van der Waals surface area (Å²) < 4.78 is 0. The van der Waals surface area contributed by atoms with Crippen molar-refractivity contribution in [3.8, 4) is 0 Å². The molecule has 1 fully saturated rings. The van der Waals surface area contributed by atoms with Crippen molar-refractivity contribution >= 4 is 48.0 Å². The summed E-state index contributed by atoms with van der Waals surface area (Å²) in [6, 6.07) is 13.4. The molecule has 2 aromatic carbocycles. The fourth-order valence-corrected chi connectivity index (χ4v) is 3.47. The highest BCUT2D eigenvalue weighted by Crippen LogP contribution is 2.19. The molecule has 0 spiro atoms. The first kappa shape index (κ1) is 25.8. The van der Waals surface area contributed by atoms with Crippen molar-refractivity contribution in [2.75, 3.05) is 43.8 Å². The van der Waals surface area contributed by atoms with Crippen molar-refractivity contribution in [2.24, 2.45) is 0 Å². The molecule has 8 heteroatoms. The molecule has 30 heavy (non-hydrogen) atoms. The second-order valence-corrected chi connectivity index (χ2v) is 7.39. The van der Waals surface area contributed by atoms with Crippen LogP contribution in [0.25, 0.3) is 0 Å². The Morgan fingerprint density at radius 1 is 0.933 bits per heavy atom. The van der Waals surface area contributed by atoms with E-state index < -0.39 is 0 Å². The summed E-state index contributed by atoms with van der Waals surface area (Å²) in [4.78, 5) is 28.9. The van der Waals surface area contributed by atoms with Gasteiger partial charge in [-0.15, -0.1) is 24.8 Å². The molecule has 0 aromatic heterocycles. The molecule has 164 valence electrons. The van der Waals surface area contributed by atoms with Crippen LogP contribution in [-0.4, -0.2) is 54.3 Å². The molecule has 6 nitrogen and oxygen atoms in total. The Morgan fingerprint density at radius 2 is 1.50 bits per heavy atom. The minimum Gasteiger partial charge on any atom is -0.399 e. The lowest BCUT2D eigenvalue weighted by Crippen LogP contribution is -2.50. The van der Waals surface area contributed by atoms with Gasteiger partial charge in [-0.1, -0.05) is 30.3 Å². The maximum atomic E-state index is 12.5. The summed E-state index contributed by atoms with van der Waals surface area (Å²) in [5, 5.41) is 3.03. The normalized spacial score (nSPS) is 13.7. The molecule has 0 bridgehead atoms. The second-order valence-electron chi connectivity index (χ2n) is 7.39. The number of halogens is 2. The molecular formula is C22H30Cl2N4O2. The van der Waals surface area contributed by atoms with Crippen LogP contribution >= 0.6 is 24.8 Å². The van der Waals surface area contributed by atoms with Crippen LogP contribution in [0.1, 0.15) is 16.7 Å². The first-order valence-electron chi connectivity index (χ1n) is 9.63. The van der Waals surface area contributed by atoms with Gasteiger partial charge in [0.25, 0.3) is 0 Å². The van der Waals surface area contributed by atoms with Crippen LogP contribution in [0.15, 0.2) is 42.5 Å². The van der Waals surface area contributed by atoms with E-state index in [0.717, 1.165) is 22.4 Å². The number of nitrogens with two attached hydrogens (primary N) is 1. The van der Waals surface area contributed by atoms with E-state index in [9.17, 15) is 9.59 Å². The third-order valence-corrected chi connectivity index (χ3v) is 5.17. The van der Waals surface area contributed by atoms with Gasteiger partial charge in [0, 0.05) is 37.6 Å². The average Bonchev–Trinajstić information content (AvgIpc) is 2.67. The molecule has 1 aliphatic heterocycles. The SMILES string of the molecule is Cc1cccc(C)c1NC(=O)CN1CCN(C(=O)Cc2ccc(N)cc2)CC1.Cl.Cl. The summed E-state index contributed by atoms with van der Waals surface area (Å²) in [5.41, 5.74) is 10.4. The Balaban J connectivity index is 0.00000225. The average molecular weight is 453 g/mol. The number of para-hydroxylation sites is 1. The molecule has 1 heterocycles. The molecule has 0 aliphatic carbocycles. The monoisotopic (exact) mass is 452 g/mol. The zero-order valence-corrected chi connectivity index (χ0v) is 19.0. The molecule has 2 aromatic rings. The minimum atomic E-state index is -0.0148. The second kappa shape index (κ2) is 11.8. The highest BCUT2D eigenvalue weighted by molar-refractivity contribution is 5.93. The molecule has 0 radical (unpaired) electrons. The van der Waals surface area contributed by atoms with E-state index >= 15 is 0 Å². The van der Waals surface area contributed by atoms with Crippen LogP contribution in [0.4, 0.5) is 11.4 Å². The Kier molecular flexibility index (Phi) is 10.1. The first-order valence-corrected chi connectivity index (χ1v) is 9.63. The number of nitrogens with one attached hydrogen (secondary N) is 1. The first-order chi connectivity index (χ1) is 13.4. The van der Waals surface area contributed by atoms with Crippen molar-refractivity contribution in [2.45, 2.75) is 20.3 Å². The molecule has 3 N–H and O–H groups in total. The van der Waals surface area contributed by atoms with Gasteiger partial charge in [0.1, 0.15) is 0 Å². The van der Waals surface area contributed by atoms with E-state index in [1.807, 2.05) is 61.2 Å². The summed E-state index contributed by atoms with van der Waals surface area (Å²) in [6.07, 6.45) is 0.382. The number of nitrogens with zero attached hydrogens (tertiary/aromatic N) is 2. The highest BCUT2D eigenvalue weighted by atomic mass is 35.5. The van der Waals surface area contributed by atoms with Crippen molar-refractivity contribution in [3.05, 3.63) is 59.2 Å². The molecule has 1 aliphatic rings. The highest BCUT2D eigenvalue weighted by Gasteiger charge is 2.22. The number of rotatable bonds is 5. The van der Waals surface area contributed by atoms with Crippen LogP contribution in [0.3, 0.4) is 0 Å². The van der Waals surface area contributed by atoms with Gasteiger partial charge in [0.15, 0.2) is 0 Å². The molecule has 0 saturated carbocycles. The van der Waals surface area contributed by atoms with Gasteiger partial charge in [-0.3, -0.25) is 14.5 Å². The van der Waals surface area contributed by atoms with E-state index in [2.05, 4.69) is 10.2 Å². The quantitative estimate of drug-likeness (QED) is 0.683. The van der Waals surface area contributed by atoms with Crippen LogP contribution in [0.2, 0.25) is 0 Å². The fraction of sp³-hybridized carbons (Fsp3) is 0.364. The Hall–Kier alpha value is -2.28. The lowest BCUT2D eigenvalue weighted by molar-refractivity contribution is -0.132. The van der Waals surface area contributed by atoms with E-state index in [-0.39, 0.29) is 36.6 Å². The van der Waals surface area contributed by atoms with Crippen molar-refractivity contribution in [1.82, 2.24) is 9.80 Å². The van der Waals surface area contributed by atoms with E-state index in [0.29, 0.717) is 44.8 Å². The largest absolute Gasteiger partial charge is 0.399 e. The topological polar surface area (TPSA) is 78.7 Å². The number of anilines is 2. The maximum Gasteiger partial charge on any atom is 0.238 e. The molecule has 2 amide bonds. The lowest BCUT2D eigenvalue weighted by Gasteiger charge is -2.34. The predicted molar refractivity (Wildman–Crippen MR) is 127 cm³/mol. The van der Waals surface area contributed by atoms with Gasteiger partial charge in [-0.25, -0.2) is 0 Å². The van der Waals surface area contributed by atoms with Crippen molar-refractivity contribution in [1.29, 1.82) is 0 Å². The number of carbonyl (C=O) groups is 2. The maximum absolute atomic E-state index is 12.5. The van der Waals surface area contributed by atoms with E-state index in [1.54, 1.807) is 0 Å². The third kappa shape index (κ3) is 6.90. The Bertz CT molecular complexity index is 830. The van der Waals surface area contributed by atoms with Gasteiger partial charge in [-0.2, -0.15) is 0 Å². The summed E-state index contributed by atoms with van der Waals surface area (Å²) in [5.74, 6) is 0.100. The Morgan fingerprint density at radius 3 is 2.07 bits per heavy atom. The van der Waals surface area contributed by atoms with Crippen molar-refractivity contribution in [3.63, 3.8) is 0 Å². The van der Waals surface area contributed by atoms with Gasteiger partial charge in [0.2, 0.25) is 11.8 Å². The summed E-state index contributed by atoms with van der Waals surface area (Å²) >= 11 is 0. The van der Waals surface area contributed by atoms with Gasteiger partial charge < -0.3 is 16.0 Å². The number of piperazine rings is 1. The summed E-state index contributed by atoms with van der Waals surface area (Å²) in [6.45, 7) is 7.02. The third-order valence-electron chi connectivity index (χ3n) is 5.17. The molecular weight excluding hydrogens is 423 g/mol.